The molecule has 1 aromatic heterocycles. The van der Waals surface area contributed by atoms with Crippen molar-refractivity contribution in [3.05, 3.63) is 23.9 Å². The minimum Gasteiger partial charge on any atom is -0.355 e. The standard InChI is InChI=1S/C14H24N4/c1-11(15)8-12-4-5-14(16-9-12)18-7-6-13(10-18)17(2)3/h4-5,9,11,13H,6-8,10,15H2,1-3H3. The third kappa shape index (κ3) is 3.21. The van der Waals surface area contributed by atoms with E-state index in [1.54, 1.807) is 0 Å². The second-order valence-electron chi connectivity index (χ2n) is 5.56. The molecule has 1 fully saturated rings. The number of anilines is 1. The summed E-state index contributed by atoms with van der Waals surface area (Å²) in [6.45, 7) is 4.20. The lowest BCUT2D eigenvalue weighted by molar-refractivity contribution is 0.315. The fourth-order valence-electron chi connectivity index (χ4n) is 2.47. The number of nitrogens with two attached hydrogens (primary N) is 1. The monoisotopic (exact) mass is 248 g/mol. The molecule has 1 saturated heterocycles. The first-order valence-electron chi connectivity index (χ1n) is 6.68. The van der Waals surface area contributed by atoms with Gasteiger partial charge in [-0.15, -0.1) is 0 Å². The molecule has 2 unspecified atom stereocenters. The lowest BCUT2D eigenvalue weighted by Gasteiger charge is -2.21. The van der Waals surface area contributed by atoms with Gasteiger partial charge >= 0.3 is 0 Å². The van der Waals surface area contributed by atoms with Crippen molar-refractivity contribution in [3.8, 4) is 0 Å². The Bertz CT molecular complexity index is 372. The van der Waals surface area contributed by atoms with Crippen LogP contribution < -0.4 is 10.6 Å². The Kier molecular flexibility index (Phi) is 4.19. The van der Waals surface area contributed by atoms with Gasteiger partial charge in [0.15, 0.2) is 0 Å². The van der Waals surface area contributed by atoms with E-state index >= 15 is 0 Å². The predicted molar refractivity (Wildman–Crippen MR) is 75.9 cm³/mol. The molecule has 2 N–H and O–H groups in total. The summed E-state index contributed by atoms with van der Waals surface area (Å²) in [7, 11) is 4.29. The molecule has 0 aliphatic carbocycles. The first kappa shape index (κ1) is 13.3. The van der Waals surface area contributed by atoms with Crippen molar-refractivity contribution < 1.29 is 0 Å². The van der Waals surface area contributed by atoms with Crippen LogP contribution in [0.5, 0.6) is 0 Å². The molecule has 1 aliphatic rings. The molecule has 0 bridgehead atoms. The Hall–Kier alpha value is -1.13. The summed E-state index contributed by atoms with van der Waals surface area (Å²) in [5, 5.41) is 0. The molecule has 1 aliphatic heterocycles. The van der Waals surface area contributed by atoms with Gasteiger partial charge in [0.05, 0.1) is 0 Å². The zero-order valence-electron chi connectivity index (χ0n) is 11.6. The first-order valence-corrected chi connectivity index (χ1v) is 6.68. The molecule has 0 spiro atoms. The Morgan fingerprint density at radius 3 is 2.78 bits per heavy atom. The summed E-state index contributed by atoms with van der Waals surface area (Å²) in [6, 6.07) is 5.11. The highest BCUT2D eigenvalue weighted by molar-refractivity contribution is 5.41. The highest BCUT2D eigenvalue weighted by Crippen LogP contribution is 2.20. The third-order valence-electron chi connectivity index (χ3n) is 3.58. The lowest BCUT2D eigenvalue weighted by atomic mass is 10.1. The summed E-state index contributed by atoms with van der Waals surface area (Å²) >= 11 is 0. The van der Waals surface area contributed by atoms with Crippen LogP contribution in [0.4, 0.5) is 5.82 Å². The molecule has 0 saturated carbocycles. The van der Waals surface area contributed by atoms with Gasteiger partial charge in [-0.25, -0.2) is 4.98 Å². The van der Waals surface area contributed by atoms with Crippen LogP contribution in [-0.4, -0.2) is 49.2 Å². The number of likely N-dealkylation sites (N-methyl/N-ethyl adjacent to an activating group) is 1. The maximum Gasteiger partial charge on any atom is 0.128 e. The van der Waals surface area contributed by atoms with Crippen LogP contribution in [0.15, 0.2) is 18.3 Å². The van der Waals surface area contributed by atoms with Crippen LogP contribution in [0, 0.1) is 0 Å². The summed E-state index contributed by atoms with van der Waals surface area (Å²) in [6.07, 6.45) is 4.07. The largest absolute Gasteiger partial charge is 0.355 e. The quantitative estimate of drug-likeness (QED) is 0.867. The van der Waals surface area contributed by atoms with E-state index in [4.69, 9.17) is 5.73 Å². The minimum atomic E-state index is 0.197. The van der Waals surface area contributed by atoms with Gasteiger partial charge in [0.25, 0.3) is 0 Å². The van der Waals surface area contributed by atoms with Crippen LogP contribution in [-0.2, 0) is 6.42 Å². The summed E-state index contributed by atoms with van der Waals surface area (Å²) in [5.74, 6) is 1.09. The second kappa shape index (κ2) is 5.67. The van der Waals surface area contributed by atoms with E-state index in [9.17, 15) is 0 Å². The molecule has 4 nitrogen and oxygen atoms in total. The average molecular weight is 248 g/mol. The summed E-state index contributed by atoms with van der Waals surface area (Å²) < 4.78 is 0. The van der Waals surface area contributed by atoms with Crippen LogP contribution in [0.3, 0.4) is 0 Å². The van der Waals surface area contributed by atoms with Crippen LogP contribution in [0.25, 0.3) is 0 Å². The molecular weight excluding hydrogens is 224 g/mol. The Morgan fingerprint density at radius 2 is 2.28 bits per heavy atom. The maximum absolute atomic E-state index is 5.79. The number of hydrogen-bond acceptors (Lipinski definition) is 4. The molecule has 4 heteroatoms. The van der Waals surface area contributed by atoms with Gasteiger partial charge in [-0.3, -0.25) is 0 Å². The summed E-state index contributed by atoms with van der Waals surface area (Å²) in [5.41, 5.74) is 7.01. The smallest absolute Gasteiger partial charge is 0.128 e. The normalized spacial score (nSPS) is 21.6. The first-order chi connectivity index (χ1) is 8.56. The van der Waals surface area contributed by atoms with Gasteiger partial charge < -0.3 is 15.5 Å². The molecule has 2 heterocycles. The highest BCUT2D eigenvalue weighted by atomic mass is 15.3. The minimum absolute atomic E-state index is 0.197. The van der Waals surface area contributed by atoms with Gasteiger partial charge in [0.1, 0.15) is 5.82 Å². The van der Waals surface area contributed by atoms with E-state index < -0.39 is 0 Å². The predicted octanol–water partition coefficient (Wildman–Crippen LogP) is 1.11. The van der Waals surface area contributed by atoms with Crippen molar-refractivity contribution in [2.24, 2.45) is 5.73 Å². The molecule has 18 heavy (non-hydrogen) atoms. The molecule has 2 atom stereocenters. The van der Waals surface area contributed by atoms with Crippen LogP contribution in [0.2, 0.25) is 0 Å². The Morgan fingerprint density at radius 1 is 1.50 bits per heavy atom. The fourth-order valence-corrected chi connectivity index (χ4v) is 2.47. The van der Waals surface area contributed by atoms with E-state index in [0.29, 0.717) is 6.04 Å². The SMILES string of the molecule is CC(N)Cc1ccc(N2CCC(N(C)C)C2)nc1. The van der Waals surface area contributed by atoms with Crippen LogP contribution in [0.1, 0.15) is 18.9 Å². The van der Waals surface area contributed by atoms with Gasteiger partial charge in [-0.2, -0.15) is 0 Å². The summed E-state index contributed by atoms with van der Waals surface area (Å²) in [4.78, 5) is 9.22. The third-order valence-corrected chi connectivity index (χ3v) is 3.58. The molecule has 2 rings (SSSR count). The highest BCUT2D eigenvalue weighted by Gasteiger charge is 2.24. The van der Waals surface area contributed by atoms with Crippen molar-refractivity contribution in [2.75, 3.05) is 32.1 Å². The van der Waals surface area contributed by atoms with Crippen molar-refractivity contribution >= 4 is 5.82 Å². The van der Waals surface area contributed by atoms with Gasteiger partial charge in [-0.1, -0.05) is 6.07 Å². The van der Waals surface area contributed by atoms with E-state index in [-0.39, 0.29) is 6.04 Å². The number of nitrogens with zero attached hydrogens (tertiary/aromatic N) is 3. The van der Waals surface area contributed by atoms with Crippen molar-refractivity contribution in [3.63, 3.8) is 0 Å². The molecule has 1 aromatic rings. The van der Waals surface area contributed by atoms with Gasteiger partial charge in [0, 0.05) is 31.4 Å². The lowest BCUT2D eigenvalue weighted by Crippen LogP contribution is -2.31. The molecule has 0 aromatic carbocycles. The maximum atomic E-state index is 5.79. The number of pyridine rings is 1. The Labute approximate surface area is 110 Å². The zero-order valence-corrected chi connectivity index (χ0v) is 11.6. The molecule has 0 radical (unpaired) electrons. The van der Waals surface area contributed by atoms with Crippen LogP contribution >= 0.6 is 0 Å². The van der Waals surface area contributed by atoms with E-state index in [0.717, 1.165) is 25.3 Å². The molecular formula is C14H24N4. The fraction of sp³-hybridized carbons (Fsp3) is 0.643. The van der Waals surface area contributed by atoms with Gasteiger partial charge in [0.2, 0.25) is 0 Å². The van der Waals surface area contributed by atoms with Crippen molar-refractivity contribution in [1.29, 1.82) is 0 Å². The number of rotatable bonds is 4. The average Bonchev–Trinajstić information content (AvgIpc) is 2.78. The van der Waals surface area contributed by atoms with E-state index in [1.165, 1.54) is 12.0 Å². The van der Waals surface area contributed by atoms with Gasteiger partial charge in [-0.05, 0) is 45.5 Å². The molecule has 100 valence electrons. The van der Waals surface area contributed by atoms with Crippen molar-refractivity contribution in [2.45, 2.75) is 31.8 Å². The van der Waals surface area contributed by atoms with Crippen molar-refractivity contribution in [1.82, 2.24) is 9.88 Å². The Balaban J connectivity index is 1.98. The van der Waals surface area contributed by atoms with E-state index in [2.05, 4.69) is 41.0 Å². The second-order valence-corrected chi connectivity index (χ2v) is 5.56. The topological polar surface area (TPSA) is 45.4 Å². The number of aromatic nitrogens is 1. The number of hydrogen-bond donors (Lipinski definition) is 1. The van der Waals surface area contributed by atoms with E-state index in [1.807, 2.05) is 13.1 Å². The molecule has 0 amide bonds. The zero-order chi connectivity index (χ0) is 13.1.